The molecular weight excluding hydrogens is 318 g/mol. The number of nitrogens with zero attached hydrogens (tertiary/aromatic N) is 2. The van der Waals surface area contributed by atoms with Crippen molar-refractivity contribution < 1.29 is 14.3 Å². The van der Waals surface area contributed by atoms with Crippen LogP contribution in [0.5, 0.6) is 11.5 Å². The number of rotatable bonds is 5. The predicted octanol–water partition coefficient (Wildman–Crippen LogP) is 2.97. The number of aromatic nitrogens is 2. The van der Waals surface area contributed by atoms with Gasteiger partial charge in [0, 0.05) is 11.1 Å². The molecule has 0 fully saturated rings. The van der Waals surface area contributed by atoms with E-state index in [1.54, 1.807) is 44.6 Å². The summed E-state index contributed by atoms with van der Waals surface area (Å²) in [6.45, 7) is 0. The van der Waals surface area contributed by atoms with E-state index in [4.69, 9.17) is 15.2 Å². The minimum atomic E-state index is -0.230. The second-order valence-corrected chi connectivity index (χ2v) is 5.28. The maximum Gasteiger partial charge on any atom is 0.221 e. The van der Waals surface area contributed by atoms with Gasteiger partial charge in [0.1, 0.15) is 17.2 Å². The van der Waals surface area contributed by atoms with Gasteiger partial charge in [0.15, 0.2) is 0 Å². The molecule has 0 saturated carbocycles. The van der Waals surface area contributed by atoms with Crippen LogP contribution >= 0.6 is 0 Å². The summed E-state index contributed by atoms with van der Waals surface area (Å²) in [5.74, 6) is 1.23. The van der Waals surface area contributed by atoms with Crippen molar-refractivity contribution in [1.82, 2.24) is 9.97 Å². The van der Waals surface area contributed by atoms with Gasteiger partial charge in [-0.3, -0.25) is 4.79 Å². The molecule has 1 heterocycles. The van der Waals surface area contributed by atoms with Gasteiger partial charge in [-0.2, -0.15) is 0 Å². The number of carbonyl (C=O) groups is 1. The molecule has 0 saturated heterocycles. The number of carbonyl (C=O) groups excluding carboxylic acids is 1. The van der Waals surface area contributed by atoms with E-state index in [1.807, 2.05) is 24.3 Å². The SMILES string of the molecule is COc1ccc(C(=O)c2cc(-c3ccc(OC)cc3)nc(N)n2)cc1. The summed E-state index contributed by atoms with van der Waals surface area (Å²) in [4.78, 5) is 21.0. The number of ether oxygens (including phenoxy) is 2. The first-order valence-electron chi connectivity index (χ1n) is 7.58. The number of nitrogen functional groups attached to an aromatic ring is 1. The van der Waals surface area contributed by atoms with Crippen molar-refractivity contribution in [3.05, 3.63) is 65.9 Å². The zero-order valence-electron chi connectivity index (χ0n) is 13.9. The van der Waals surface area contributed by atoms with E-state index in [9.17, 15) is 4.79 Å². The normalized spacial score (nSPS) is 10.3. The Morgan fingerprint density at radius 1 is 0.880 bits per heavy atom. The molecule has 1 aromatic heterocycles. The lowest BCUT2D eigenvalue weighted by Crippen LogP contribution is -2.08. The summed E-state index contributed by atoms with van der Waals surface area (Å²) in [7, 11) is 3.17. The maximum absolute atomic E-state index is 12.7. The fraction of sp³-hybridized carbons (Fsp3) is 0.105. The third-order valence-electron chi connectivity index (χ3n) is 3.71. The molecule has 0 aliphatic rings. The Hall–Kier alpha value is -3.41. The van der Waals surface area contributed by atoms with Crippen LogP contribution in [0.15, 0.2) is 54.6 Å². The third-order valence-corrected chi connectivity index (χ3v) is 3.71. The van der Waals surface area contributed by atoms with Crippen LogP contribution in [0.25, 0.3) is 11.3 Å². The van der Waals surface area contributed by atoms with E-state index in [-0.39, 0.29) is 17.4 Å². The molecule has 0 aliphatic heterocycles. The van der Waals surface area contributed by atoms with Gasteiger partial charge >= 0.3 is 0 Å². The average Bonchev–Trinajstić information content (AvgIpc) is 2.67. The second-order valence-electron chi connectivity index (χ2n) is 5.28. The lowest BCUT2D eigenvalue weighted by molar-refractivity contribution is 0.103. The second kappa shape index (κ2) is 7.00. The van der Waals surface area contributed by atoms with Gasteiger partial charge < -0.3 is 15.2 Å². The van der Waals surface area contributed by atoms with Crippen LogP contribution < -0.4 is 15.2 Å². The van der Waals surface area contributed by atoms with Crippen LogP contribution in [0.2, 0.25) is 0 Å². The number of nitrogens with two attached hydrogens (primary N) is 1. The van der Waals surface area contributed by atoms with Crippen LogP contribution in [-0.2, 0) is 0 Å². The first-order chi connectivity index (χ1) is 12.1. The van der Waals surface area contributed by atoms with Gasteiger partial charge in [-0.15, -0.1) is 0 Å². The van der Waals surface area contributed by atoms with Crippen molar-refractivity contribution in [2.75, 3.05) is 20.0 Å². The molecule has 0 atom stereocenters. The first kappa shape index (κ1) is 16.4. The Morgan fingerprint density at radius 2 is 1.44 bits per heavy atom. The van der Waals surface area contributed by atoms with Gasteiger partial charge in [0.2, 0.25) is 11.7 Å². The van der Waals surface area contributed by atoms with Crippen LogP contribution in [0, 0.1) is 0 Å². The van der Waals surface area contributed by atoms with Crippen molar-refractivity contribution in [3.8, 4) is 22.8 Å². The lowest BCUT2D eigenvalue weighted by atomic mass is 10.1. The van der Waals surface area contributed by atoms with Crippen molar-refractivity contribution in [3.63, 3.8) is 0 Å². The van der Waals surface area contributed by atoms with E-state index in [2.05, 4.69) is 9.97 Å². The number of hydrogen-bond acceptors (Lipinski definition) is 6. The number of methoxy groups -OCH3 is 2. The van der Waals surface area contributed by atoms with Gasteiger partial charge in [-0.25, -0.2) is 9.97 Å². The molecule has 126 valence electrons. The molecular formula is C19H17N3O3. The van der Waals surface area contributed by atoms with Gasteiger partial charge in [0.25, 0.3) is 0 Å². The number of anilines is 1. The molecule has 6 heteroatoms. The van der Waals surface area contributed by atoms with Crippen LogP contribution in [0.4, 0.5) is 5.95 Å². The quantitative estimate of drug-likeness (QED) is 0.721. The molecule has 0 bridgehead atoms. The Bertz CT molecular complexity index is 891. The summed E-state index contributed by atoms with van der Waals surface area (Å²) in [5.41, 5.74) is 7.93. The van der Waals surface area contributed by atoms with Crippen LogP contribution in [0.1, 0.15) is 16.1 Å². The highest BCUT2D eigenvalue weighted by molar-refractivity contribution is 6.08. The van der Waals surface area contributed by atoms with Crippen molar-refractivity contribution in [1.29, 1.82) is 0 Å². The molecule has 3 aromatic rings. The monoisotopic (exact) mass is 335 g/mol. The Morgan fingerprint density at radius 3 is 2.00 bits per heavy atom. The topological polar surface area (TPSA) is 87.3 Å². The van der Waals surface area contributed by atoms with Gasteiger partial charge in [-0.1, -0.05) is 0 Å². The predicted molar refractivity (Wildman–Crippen MR) is 94.9 cm³/mol. The maximum atomic E-state index is 12.7. The number of hydrogen-bond donors (Lipinski definition) is 1. The largest absolute Gasteiger partial charge is 0.497 e. The summed E-state index contributed by atoms with van der Waals surface area (Å²) in [6.07, 6.45) is 0. The highest BCUT2D eigenvalue weighted by Crippen LogP contribution is 2.23. The van der Waals surface area contributed by atoms with Gasteiger partial charge in [-0.05, 0) is 54.6 Å². The third kappa shape index (κ3) is 3.58. The molecule has 0 aliphatic carbocycles. The van der Waals surface area contributed by atoms with E-state index >= 15 is 0 Å². The zero-order valence-corrected chi connectivity index (χ0v) is 13.9. The lowest BCUT2D eigenvalue weighted by Gasteiger charge is -2.07. The summed E-state index contributed by atoms with van der Waals surface area (Å²) in [6, 6.07) is 15.8. The molecule has 0 unspecified atom stereocenters. The molecule has 25 heavy (non-hydrogen) atoms. The fourth-order valence-corrected chi connectivity index (χ4v) is 2.38. The summed E-state index contributed by atoms with van der Waals surface area (Å²) >= 11 is 0. The van der Waals surface area contributed by atoms with Crippen LogP contribution in [-0.4, -0.2) is 30.0 Å². The highest BCUT2D eigenvalue weighted by Gasteiger charge is 2.14. The molecule has 2 aromatic carbocycles. The number of benzene rings is 2. The van der Waals surface area contributed by atoms with Crippen molar-refractivity contribution >= 4 is 11.7 Å². The minimum Gasteiger partial charge on any atom is -0.497 e. The Labute approximate surface area is 145 Å². The minimum absolute atomic E-state index is 0.0465. The summed E-state index contributed by atoms with van der Waals surface area (Å²) < 4.78 is 10.2. The standard InChI is InChI=1S/C19H17N3O3/c1-24-14-7-3-12(4-8-14)16-11-17(22-19(20)21-16)18(23)13-5-9-15(25-2)10-6-13/h3-11H,1-2H3,(H2,20,21,22). The highest BCUT2D eigenvalue weighted by atomic mass is 16.5. The molecule has 2 N–H and O–H groups in total. The Kier molecular flexibility index (Phi) is 4.61. The summed E-state index contributed by atoms with van der Waals surface area (Å²) in [5, 5.41) is 0. The molecule has 0 spiro atoms. The van der Waals surface area contributed by atoms with Crippen molar-refractivity contribution in [2.24, 2.45) is 0 Å². The molecule has 0 amide bonds. The van der Waals surface area contributed by atoms with E-state index in [0.29, 0.717) is 17.0 Å². The van der Waals surface area contributed by atoms with Crippen molar-refractivity contribution in [2.45, 2.75) is 0 Å². The van der Waals surface area contributed by atoms with Crippen LogP contribution in [0.3, 0.4) is 0 Å². The molecule has 3 rings (SSSR count). The molecule has 6 nitrogen and oxygen atoms in total. The van der Waals surface area contributed by atoms with E-state index in [0.717, 1.165) is 11.3 Å². The smallest absolute Gasteiger partial charge is 0.221 e. The zero-order chi connectivity index (χ0) is 17.8. The number of ketones is 1. The fourth-order valence-electron chi connectivity index (χ4n) is 2.38. The van der Waals surface area contributed by atoms with E-state index < -0.39 is 0 Å². The Balaban J connectivity index is 1.96. The molecule has 0 radical (unpaired) electrons. The average molecular weight is 335 g/mol. The van der Waals surface area contributed by atoms with Gasteiger partial charge in [0.05, 0.1) is 19.9 Å². The first-order valence-corrected chi connectivity index (χ1v) is 7.58. The van der Waals surface area contributed by atoms with E-state index in [1.165, 1.54) is 0 Å².